The van der Waals surface area contributed by atoms with Gasteiger partial charge in [-0.1, -0.05) is 0 Å². The van der Waals surface area contributed by atoms with Crippen molar-refractivity contribution < 1.29 is 9.59 Å². The summed E-state index contributed by atoms with van der Waals surface area (Å²) in [6.07, 6.45) is 0. The molecule has 0 unspecified atom stereocenters. The number of nitrogens with zero attached hydrogens (tertiary/aromatic N) is 1. The molecule has 0 heterocycles. The van der Waals surface area contributed by atoms with Gasteiger partial charge < -0.3 is 15.5 Å². The Balaban J connectivity index is 2.71. The van der Waals surface area contributed by atoms with E-state index in [1.807, 2.05) is 13.8 Å². The zero-order chi connectivity index (χ0) is 15.1. The number of anilines is 1. The minimum Gasteiger partial charge on any atom is -0.339 e. The summed E-state index contributed by atoms with van der Waals surface area (Å²) >= 11 is 4.96. The lowest BCUT2D eigenvalue weighted by atomic mass is 10.2. The summed E-state index contributed by atoms with van der Waals surface area (Å²) in [4.78, 5) is 24.7. The third-order valence-electron chi connectivity index (χ3n) is 2.73. The van der Waals surface area contributed by atoms with E-state index in [4.69, 9.17) is 12.2 Å². The normalized spacial score (nSPS) is 9.75. The maximum absolute atomic E-state index is 12.1. The molecule has 1 aromatic rings. The summed E-state index contributed by atoms with van der Waals surface area (Å²) in [7, 11) is 0. The molecule has 0 radical (unpaired) electrons. The van der Waals surface area contributed by atoms with Crippen LogP contribution in [0.2, 0.25) is 0 Å². The molecule has 6 heteroatoms. The molecule has 0 aliphatic heterocycles. The molecule has 0 saturated heterocycles. The van der Waals surface area contributed by atoms with Crippen molar-refractivity contribution in [3.05, 3.63) is 29.8 Å². The van der Waals surface area contributed by atoms with E-state index in [1.54, 1.807) is 29.2 Å². The predicted molar refractivity (Wildman–Crippen MR) is 83.7 cm³/mol. The van der Waals surface area contributed by atoms with Crippen LogP contribution in [-0.4, -0.2) is 34.9 Å². The summed E-state index contributed by atoms with van der Waals surface area (Å²) < 4.78 is 0. The van der Waals surface area contributed by atoms with E-state index in [1.165, 1.54) is 6.92 Å². The number of nitrogens with one attached hydrogen (secondary N) is 2. The van der Waals surface area contributed by atoms with Crippen LogP contribution in [0.3, 0.4) is 0 Å². The molecule has 20 heavy (non-hydrogen) atoms. The van der Waals surface area contributed by atoms with Crippen molar-refractivity contribution in [1.82, 2.24) is 10.2 Å². The molecule has 0 atom stereocenters. The molecule has 0 aromatic heterocycles. The maximum atomic E-state index is 12.1. The second-order valence-electron chi connectivity index (χ2n) is 4.19. The van der Waals surface area contributed by atoms with Crippen molar-refractivity contribution in [2.75, 3.05) is 18.4 Å². The lowest BCUT2D eigenvalue weighted by Gasteiger charge is -2.18. The van der Waals surface area contributed by atoms with E-state index in [-0.39, 0.29) is 16.9 Å². The molecular weight excluding hydrogens is 274 g/mol. The van der Waals surface area contributed by atoms with Gasteiger partial charge in [0.2, 0.25) is 5.91 Å². The molecule has 0 aliphatic rings. The van der Waals surface area contributed by atoms with Crippen molar-refractivity contribution in [2.24, 2.45) is 0 Å². The number of rotatable bonds is 4. The van der Waals surface area contributed by atoms with Crippen LogP contribution >= 0.6 is 12.2 Å². The minimum atomic E-state index is -0.226. The predicted octanol–water partition coefficient (Wildman–Crippen LogP) is 2.00. The highest BCUT2D eigenvalue weighted by molar-refractivity contribution is 7.80. The lowest BCUT2D eigenvalue weighted by Crippen LogP contribution is -2.32. The second-order valence-corrected chi connectivity index (χ2v) is 4.60. The first-order valence-corrected chi connectivity index (χ1v) is 6.86. The van der Waals surface area contributed by atoms with Gasteiger partial charge in [0, 0.05) is 31.3 Å². The molecule has 0 bridgehead atoms. The van der Waals surface area contributed by atoms with Crippen LogP contribution in [0.15, 0.2) is 24.3 Å². The van der Waals surface area contributed by atoms with E-state index >= 15 is 0 Å². The number of amides is 2. The topological polar surface area (TPSA) is 61.4 Å². The molecular formula is C14H19N3O2S. The Morgan fingerprint density at radius 2 is 1.70 bits per heavy atom. The molecule has 0 saturated carbocycles. The Labute approximate surface area is 124 Å². The van der Waals surface area contributed by atoms with E-state index in [9.17, 15) is 9.59 Å². The first kappa shape index (κ1) is 16.1. The van der Waals surface area contributed by atoms with Crippen molar-refractivity contribution in [2.45, 2.75) is 20.8 Å². The monoisotopic (exact) mass is 293 g/mol. The zero-order valence-electron chi connectivity index (χ0n) is 11.9. The van der Waals surface area contributed by atoms with Crippen LogP contribution in [0.25, 0.3) is 0 Å². The smallest absolute Gasteiger partial charge is 0.253 e. The standard InChI is InChI=1S/C14H19N3O2S/c1-4-17(5-2)13(19)11-6-8-12(9-7-11)16-14(20)15-10(3)18/h6-9H,4-5H2,1-3H3,(H2,15,16,18,20). The van der Waals surface area contributed by atoms with Crippen LogP contribution < -0.4 is 10.6 Å². The average molecular weight is 293 g/mol. The van der Waals surface area contributed by atoms with Gasteiger partial charge in [0.25, 0.3) is 5.91 Å². The number of carbonyl (C=O) groups excluding carboxylic acids is 2. The quantitative estimate of drug-likeness (QED) is 0.834. The van der Waals surface area contributed by atoms with E-state index in [2.05, 4.69) is 10.6 Å². The van der Waals surface area contributed by atoms with Gasteiger partial charge in [0.1, 0.15) is 0 Å². The van der Waals surface area contributed by atoms with Crippen LogP contribution in [0, 0.1) is 0 Å². The second kappa shape index (κ2) is 7.59. The van der Waals surface area contributed by atoms with Crippen LogP contribution in [0.5, 0.6) is 0 Å². The van der Waals surface area contributed by atoms with Gasteiger partial charge >= 0.3 is 0 Å². The zero-order valence-corrected chi connectivity index (χ0v) is 12.7. The number of carbonyl (C=O) groups is 2. The van der Waals surface area contributed by atoms with Gasteiger partial charge in [-0.3, -0.25) is 9.59 Å². The highest BCUT2D eigenvalue weighted by atomic mass is 32.1. The summed E-state index contributed by atoms with van der Waals surface area (Å²) in [6.45, 7) is 6.65. The lowest BCUT2D eigenvalue weighted by molar-refractivity contribution is -0.117. The van der Waals surface area contributed by atoms with Gasteiger partial charge in [-0.25, -0.2) is 0 Å². The molecule has 108 valence electrons. The Morgan fingerprint density at radius 1 is 1.15 bits per heavy atom. The first-order valence-electron chi connectivity index (χ1n) is 6.45. The molecule has 1 aromatic carbocycles. The number of benzene rings is 1. The summed E-state index contributed by atoms with van der Waals surface area (Å²) in [5.41, 5.74) is 1.35. The Bertz CT molecular complexity index is 496. The third-order valence-corrected chi connectivity index (χ3v) is 2.93. The van der Waals surface area contributed by atoms with E-state index in [0.29, 0.717) is 18.7 Å². The molecule has 5 nitrogen and oxygen atoms in total. The van der Waals surface area contributed by atoms with Gasteiger partial charge in [0.05, 0.1) is 0 Å². The highest BCUT2D eigenvalue weighted by Crippen LogP contribution is 2.11. The van der Waals surface area contributed by atoms with Gasteiger partial charge in [0.15, 0.2) is 5.11 Å². The Kier molecular flexibility index (Phi) is 6.11. The summed E-state index contributed by atoms with van der Waals surface area (Å²) in [5, 5.41) is 5.58. The van der Waals surface area contributed by atoms with Crippen molar-refractivity contribution in [1.29, 1.82) is 0 Å². The highest BCUT2D eigenvalue weighted by Gasteiger charge is 2.11. The Morgan fingerprint density at radius 3 is 2.15 bits per heavy atom. The third kappa shape index (κ3) is 4.62. The molecule has 2 N–H and O–H groups in total. The fourth-order valence-corrected chi connectivity index (χ4v) is 1.97. The number of hydrogen-bond acceptors (Lipinski definition) is 3. The molecule has 0 spiro atoms. The molecule has 0 fully saturated rings. The van der Waals surface area contributed by atoms with Gasteiger partial charge in [-0.2, -0.15) is 0 Å². The SMILES string of the molecule is CCN(CC)C(=O)c1ccc(NC(=S)NC(C)=O)cc1. The van der Waals surface area contributed by atoms with Crippen LogP contribution in [0.4, 0.5) is 5.69 Å². The fourth-order valence-electron chi connectivity index (χ4n) is 1.71. The number of hydrogen-bond donors (Lipinski definition) is 2. The van der Waals surface area contributed by atoms with Gasteiger partial charge in [-0.15, -0.1) is 0 Å². The van der Waals surface area contributed by atoms with Crippen molar-refractivity contribution in [3.63, 3.8) is 0 Å². The average Bonchev–Trinajstić information content (AvgIpc) is 2.39. The Hall–Kier alpha value is -1.95. The fraction of sp³-hybridized carbons (Fsp3) is 0.357. The van der Waals surface area contributed by atoms with E-state index < -0.39 is 0 Å². The van der Waals surface area contributed by atoms with Gasteiger partial charge in [-0.05, 0) is 50.3 Å². The molecule has 1 rings (SSSR count). The van der Waals surface area contributed by atoms with Crippen molar-refractivity contribution in [3.8, 4) is 0 Å². The molecule has 2 amide bonds. The summed E-state index contributed by atoms with van der Waals surface area (Å²) in [5.74, 6) is -0.221. The maximum Gasteiger partial charge on any atom is 0.253 e. The largest absolute Gasteiger partial charge is 0.339 e. The van der Waals surface area contributed by atoms with E-state index in [0.717, 1.165) is 5.69 Å². The van der Waals surface area contributed by atoms with Crippen molar-refractivity contribution >= 4 is 34.8 Å². The number of thiocarbonyl (C=S) groups is 1. The summed E-state index contributed by atoms with van der Waals surface area (Å²) in [6, 6.07) is 6.98. The van der Waals surface area contributed by atoms with Crippen LogP contribution in [0.1, 0.15) is 31.1 Å². The molecule has 0 aliphatic carbocycles. The van der Waals surface area contributed by atoms with Crippen LogP contribution in [-0.2, 0) is 4.79 Å². The minimum absolute atomic E-state index is 0.00554. The first-order chi connectivity index (χ1) is 9.47.